The second-order valence-electron chi connectivity index (χ2n) is 5.02. The summed E-state index contributed by atoms with van der Waals surface area (Å²) >= 11 is 0. The lowest BCUT2D eigenvalue weighted by Gasteiger charge is -2.24. The Bertz CT molecular complexity index is 481. The third kappa shape index (κ3) is 3.22. The lowest BCUT2D eigenvalue weighted by molar-refractivity contribution is 0.0693. The molecule has 2 N–H and O–H groups in total. The summed E-state index contributed by atoms with van der Waals surface area (Å²) in [6.07, 6.45) is 4.30. The van der Waals surface area contributed by atoms with E-state index in [4.69, 9.17) is 9.47 Å². The van der Waals surface area contributed by atoms with Crippen molar-refractivity contribution in [1.82, 2.24) is 5.32 Å². The van der Waals surface area contributed by atoms with Crippen molar-refractivity contribution in [1.29, 1.82) is 0 Å². The number of hydrogen-bond donors (Lipinski definition) is 2. The summed E-state index contributed by atoms with van der Waals surface area (Å²) in [5, 5.41) is 12.7. The molecule has 1 aromatic carbocycles. The molecule has 0 bridgehead atoms. The Hall–Kier alpha value is -1.75. The van der Waals surface area contributed by atoms with E-state index in [1.165, 1.54) is 20.0 Å². The molecule has 2 rings (SSSR count). The molecule has 1 aromatic rings. The molecule has 0 radical (unpaired) electrons. The highest BCUT2D eigenvalue weighted by Crippen LogP contribution is 2.30. The number of carboxylic acid groups (broad SMARTS) is 1. The van der Waals surface area contributed by atoms with Gasteiger partial charge in [-0.3, -0.25) is 0 Å². The van der Waals surface area contributed by atoms with Crippen LogP contribution in [-0.2, 0) is 6.42 Å². The van der Waals surface area contributed by atoms with Gasteiger partial charge in [-0.25, -0.2) is 4.79 Å². The minimum atomic E-state index is -0.984. The molecule has 5 heteroatoms. The van der Waals surface area contributed by atoms with Crippen LogP contribution in [0.2, 0.25) is 0 Å². The number of ether oxygens (including phenoxy) is 2. The smallest absolute Gasteiger partial charge is 0.339 e. The summed E-state index contributed by atoms with van der Waals surface area (Å²) in [4.78, 5) is 11.3. The molecule has 0 spiro atoms. The second kappa shape index (κ2) is 6.61. The van der Waals surface area contributed by atoms with Crippen molar-refractivity contribution in [3.8, 4) is 11.5 Å². The van der Waals surface area contributed by atoms with E-state index in [9.17, 15) is 9.90 Å². The predicted molar refractivity (Wildman–Crippen MR) is 75.9 cm³/mol. The van der Waals surface area contributed by atoms with E-state index in [0.29, 0.717) is 17.5 Å². The van der Waals surface area contributed by atoms with Gasteiger partial charge in [0.15, 0.2) is 0 Å². The fraction of sp³-hybridized carbons (Fsp3) is 0.533. The number of hydrogen-bond acceptors (Lipinski definition) is 4. The fourth-order valence-corrected chi connectivity index (χ4v) is 2.66. The molecule has 1 saturated heterocycles. The van der Waals surface area contributed by atoms with Crippen LogP contribution in [0, 0.1) is 0 Å². The molecule has 1 fully saturated rings. The maximum Gasteiger partial charge on any atom is 0.339 e. The minimum absolute atomic E-state index is 0.180. The second-order valence-corrected chi connectivity index (χ2v) is 5.02. The highest BCUT2D eigenvalue weighted by molar-refractivity contribution is 5.91. The van der Waals surface area contributed by atoms with Crippen LogP contribution in [0.15, 0.2) is 12.1 Å². The summed E-state index contributed by atoms with van der Waals surface area (Å²) in [7, 11) is 3.05. The van der Waals surface area contributed by atoms with Crippen LogP contribution in [-0.4, -0.2) is 37.9 Å². The van der Waals surface area contributed by atoms with Crippen LogP contribution < -0.4 is 14.8 Å². The van der Waals surface area contributed by atoms with E-state index < -0.39 is 5.97 Å². The van der Waals surface area contributed by atoms with Gasteiger partial charge in [0, 0.05) is 12.1 Å². The Morgan fingerprint density at radius 1 is 1.30 bits per heavy atom. The van der Waals surface area contributed by atoms with Crippen LogP contribution in [0.25, 0.3) is 0 Å². The summed E-state index contributed by atoms with van der Waals surface area (Å²) in [5.41, 5.74) is 1.09. The Morgan fingerprint density at radius 2 is 2.05 bits per heavy atom. The molecule has 1 aliphatic heterocycles. The molecule has 0 aliphatic carbocycles. The molecule has 0 amide bonds. The minimum Gasteiger partial charge on any atom is -0.496 e. The number of piperidine rings is 1. The van der Waals surface area contributed by atoms with Crippen LogP contribution in [0.4, 0.5) is 0 Å². The number of nitrogens with one attached hydrogen (secondary N) is 1. The monoisotopic (exact) mass is 279 g/mol. The lowest BCUT2D eigenvalue weighted by Crippen LogP contribution is -2.35. The van der Waals surface area contributed by atoms with Crippen molar-refractivity contribution in [3.05, 3.63) is 23.3 Å². The van der Waals surface area contributed by atoms with Crippen LogP contribution >= 0.6 is 0 Å². The molecule has 1 aliphatic rings. The summed E-state index contributed by atoms with van der Waals surface area (Å²) in [6, 6.07) is 3.70. The number of methoxy groups -OCH3 is 2. The molecule has 5 nitrogen and oxygen atoms in total. The summed E-state index contributed by atoms with van der Waals surface area (Å²) in [5.74, 6) is 0.0243. The number of rotatable bonds is 5. The highest BCUT2D eigenvalue weighted by atomic mass is 16.5. The zero-order valence-corrected chi connectivity index (χ0v) is 11.9. The number of aromatic carboxylic acids is 1. The third-order valence-electron chi connectivity index (χ3n) is 3.71. The van der Waals surface area contributed by atoms with Crippen molar-refractivity contribution in [2.45, 2.75) is 31.7 Å². The van der Waals surface area contributed by atoms with Gasteiger partial charge in [-0.2, -0.15) is 0 Å². The Balaban J connectivity index is 2.29. The SMILES string of the molecule is COc1cc(OC)c(C(=O)O)cc1CC1CCCCN1. The van der Waals surface area contributed by atoms with Gasteiger partial charge < -0.3 is 19.9 Å². The highest BCUT2D eigenvalue weighted by Gasteiger charge is 2.20. The molecule has 0 aromatic heterocycles. The molecule has 1 unspecified atom stereocenters. The molecule has 0 saturated carbocycles. The van der Waals surface area contributed by atoms with Gasteiger partial charge in [0.05, 0.1) is 14.2 Å². The number of carboxylic acids is 1. The number of benzene rings is 1. The van der Waals surface area contributed by atoms with Gasteiger partial charge in [-0.1, -0.05) is 6.42 Å². The third-order valence-corrected chi connectivity index (χ3v) is 3.71. The molecule has 1 atom stereocenters. The van der Waals surface area contributed by atoms with Crippen molar-refractivity contribution < 1.29 is 19.4 Å². The van der Waals surface area contributed by atoms with E-state index in [1.54, 1.807) is 19.2 Å². The van der Waals surface area contributed by atoms with E-state index in [1.807, 2.05) is 0 Å². The first-order valence-corrected chi connectivity index (χ1v) is 6.87. The largest absolute Gasteiger partial charge is 0.496 e. The molecule has 1 heterocycles. The van der Waals surface area contributed by atoms with Gasteiger partial charge in [0.2, 0.25) is 0 Å². The first-order chi connectivity index (χ1) is 9.65. The average molecular weight is 279 g/mol. The predicted octanol–water partition coefficient (Wildman–Crippen LogP) is 2.09. The maximum atomic E-state index is 11.3. The Kier molecular flexibility index (Phi) is 4.84. The van der Waals surface area contributed by atoms with E-state index >= 15 is 0 Å². The quantitative estimate of drug-likeness (QED) is 0.864. The van der Waals surface area contributed by atoms with Gasteiger partial charge >= 0.3 is 5.97 Å². The molecular formula is C15H21NO4. The van der Waals surface area contributed by atoms with Gasteiger partial charge in [0.25, 0.3) is 0 Å². The Labute approximate surface area is 118 Å². The fourth-order valence-electron chi connectivity index (χ4n) is 2.66. The van der Waals surface area contributed by atoms with Crippen molar-refractivity contribution in [2.75, 3.05) is 20.8 Å². The molecule has 20 heavy (non-hydrogen) atoms. The van der Waals surface area contributed by atoms with Crippen LogP contribution in [0.1, 0.15) is 35.2 Å². The van der Waals surface area contributed by atoms with E-state index in [0.717, 1.165) is 24.9 Å². The first kappa shape index (κ1) is 14.7. The average Bonchev–Trinajstić information content (AvgIpc) is 2.47. The van der Waals surface area contributed by atoms with Gasteiger partial charge in [0.1, 0.15) is 17.1 Å². The normalized spacial score (nSPS) is 18.6. The number of carbonyl (C=O) groups is 1. The van der Waals surface area contributed by atoms with Gasteiger partial charge in [-0.05, 0) is 37.4 Å². The molecule has 110 valence electrons. The standard InChI is InChI=1S/C15H21NO4/c1-19-13-9-14(20-2)12(15(17)18)8-10(13)7-11-5-3-4-6-16-11/h8-9,11,16H,3-7H2,1-2H3,(H,17,18). The first-order valence-electron chi connectivity index (χ1n) is 6.87. The van der Waals surface area contributed by atoms with Crippen LogP contribution in [0.5, 0.6) is 11.5 Å². The topological polar surface area (TPSA) is 67.8 Å². The van der Waals surface area contributed by atoms with Crippen molar-refractivity contribution in [3.63, 3.8) is 0 Å². The van der Waals surface area contributed by atoms with Crippen molar-refractivity contribution >= 4 is 5.97 Å². The lowest BCUT2D eigenvalue weighted by atomic mass is 9.96. The van der Waals surface area contributed by atoms with Gasteiger partial charge in [-0.15, -0.1) is 0 Å². The zero-order valence-electron chi connectivity index (χ0n) is 11.9. The van der Waals surface area contributed by atoms with Crippen LogP contribution in [0.3, 0.4) is 0 Å². The summed E-state index contributed by atoms with van der Waals surface area (Å²) < 4.78 is 10.5. The summed E-state index contributed by atoms with van der Waals surface area (Å²) in [6.45, 7) is 1.02. The molecular weight excluding hydrogens is 258 g/mol. The Morgan fingerprint density at radius 3 is 2.60 bits per heavy atom. The van der Waals surface area contributed by atoms with E-state index in [2.05, 4.69) is 5.32 Å². The maximum absolute atomic E-state index is 11.3. The van der Waals surface area contributed by atoms with Crippen molar-refractivity contribution in [2.24, 2.45) is 0 Å². The van der Waals surface area contributed by atoms with E-state index in [-0.39, 0.29) is 5.56 Å². The zero-order chi connectivity index (χ0) is 14.5.